The molecule has 6 N–H and O–H groups in total. The topological polar surface area (TPSA) is 198 Å². The number of nitrogens with zero attached hydrogens (tertiary/aromatic N) is 4. The fraction of sp³-hybridized carbons (Fsp3) is 0.111. The van der Waals surface area contributed by atoms with Gasteiger partial charge < -0.3 is 31.9 Å². The van der Waals surface area contributed by atoms with Gasteiger partial charge in [-0.15, -0.1) is 0 Å². The minimum Gasteiger partial charge on any atom is -0.377 e. The molecule has 0 saturated carbocycles. The lowest BCUT2D eigenvalue weighted by atomic mass is 10.0. The van der Waals surface area contributed by atoms with Crippen molar-refractivity contribution in [1.82, 2.24) is 9.80 Å². The van der Waals surface area contributed by atoms with Crippen LogP contribution in [-0.4, -0.2) is 61.6 Å². The first kappa shape index (κ1) is 35.6. The molecule has 0 aromatic heterocycles. The Morgan fingerprint density at radius 3 is 1.15 bits per heavy atom. The quantitative estimate of drug-likeness (QED) is 0.131. The molecule has 12 heteroatoms. The molecule has 0 atom stereocenters. The van der Waals surface area contributed by atoms with Crippen LogP contribution in [0.2, 0.25) is 0 Å². The molecule has 0 saturated heterocycles. The fourth-order valence-corrected chi connectivity index (χ4v) is 4.62. The Labute approximate surface area is 278 Å². The maximum atomic E-state index is 13.7. The number of hydrogen-bond acceptors (Lipinski definition) is 8. The lowest BCUT2D eigenvalue weighted by molar-refractivity contribution is -0.115. The van der Waals surface area contributed by atoms with Crippen molar-refractivity contribution >= 4 is 46.4 Å². The Morgan fingerprint density at radius 2 is 0.896 bits per heavy atom. The highest BCUT2D eigenvalue weighted by Crippen LogP contribution is 2.26. The monoisotopic (exact) mass is 642 g/mol. The second-order valence-electron chi connectivity index (χ2n) is 10.6. The molecule has 3 aromatic rings. The molecule has 3 aromatic carbocycles. The maximum Gasteiger partial charge on any atom is 0.259 e. The molecule has 0 aliphatic carbocycles. The smallest absolute Gasteiger partial charge is 0.259 e. The summed E-state index contributed by atoms with van der Waals surface area (Å²) in [5.41, 5.74) is 12.8. The van der Waals surface area contributed by atoms with E-state index in [9.17, 15) is 29.7 Å². The van der Waals surface area contributed by atoms with Gasteiger partial charge in [0.25, 0.3) is 23.6 Å². The average molecular weight is 643 g/mol. The number of carbonyl (C=O) groups is 4. The standard InChI is InChI=1S/C36H34N8O4/c1-43(2)31(23-11-7-5-8-12-23)29(19-25(21-37)33(39)45)35(47)41-27-15-17-28(18-16-27)42-36(48)30(20-26(22-38)34(40)46)32(44(3)4)24-13-9-6-10-14-24/h5-20H,1-4H3,(H2,39,45)(H2,40,46)(H,41,47)(H,42,48)/b25-19-,26-20-,31-29+,32-30+. The summed E-state index contributed by atoms with van der Waals surface area (Å²) in [5.74, 6) is -3.23. The van der Waals surface area contributed by atoms with Crippen LogP contribution in [0.25, 0.3) is 11.4 Å². The van der Waals surface area contributed by atoms with Crippen LogP contribution in [0.5, 0.6) is 0 Å². The van der Waals surface area contributed by atoms with Crippen molar-refractivity contribution in [3.8, 4) is 12.1 Å². The molecule has 0 aliphatic heterocycles. The van der Waals surface area contributed by atoms with E-state index in [1.54, 1.807) is 123 Å². The molecule has 48 heavy (non-hydrogen) atoms. The minimum atomic E-state index is -0.986. The molecule has 3 rings (SSSR count). The molecule has 0 spiro atoms. The summed E-state index contributed by atoms with van der Waals surface area (Å²) in [6, 6.07) is 27.6. The first-order valence-corrected chi connectivity index (χ1v) is 14.4. The maximum absolute atomic E-state index is 13.7. The van der Waals surface area contributed by atoms with Crippen LogP contribution in [0.15, 0.2) is 119 Å². The van der Waals surface area contributed by atoms with Gasteiger partial charge in [-0.3, -0.25) is 19.2 Å². The molecular formula is C36H34N8O4. The third-order valence-electron chi connectivity index (χ3n) is 6.74. The summed E-state index contributed by atoms with van der Waals surface area (Å²) < 4.78 is 0. The van der Waals surface area contributed by atoms with Gasteiger partial charge in [-0.25, -0.2) is 0 Å². The van der Waals surface area contributed by atoms with Crippen LogP contribution in [-0.2, 0) is 19.2 Å². The largest absolute Gasteiger partial charge is 0.377 e. The van der Waals surface area contributed by atoms with Crippen molar-refractivity contribution in [1.29, 1.82) is 10.5 Å². The average Bonchev–Trinajstić information content (AvgIpc) is 3.05. The van der Waals surface area contributed by atoms with E-state index in [2.05, 4.69) is 10.6 Å². The number of amides is 4. The number of anilines is 2. The van der Waals surface area contributed by atoms with E-state index in [1.165, 1.54) is 0 Å². The lowest BCUT2D eigenvalue weighted by Crippen LogP contribution is -2.22. The third kappa shape index (κ3) is 9.06. The zero-order valence-electron chi connectivity index (χ0n) is 26.8. The highest BCUT2D eigenvalue weighted by Gasteiger charge is 2.21. The van der Waals surface area contributed by atoms with E-state index in [1.807, 2.05) is 12.1 Å². The second-order valence-corrected chi connectivity index (χ2v) is 10.6. The van der Waals surface area contributed by atoms with Gasteiger partial charge in [0, 0.05) is 39.6 Å². The fourth-order valence-electron chi connectivity index (χ4n) is 4.62. The van der Waals surface area contributed by atoms with Crippen molar-refractivity contribution in [3.63, 3.8) is 0 Å². The first-order chi connectivity index (χ1) is 22.9. The van der Waals surface area contributed by atoms with Crippen LogP contribution >= 0.6 is 0 Å². The molecule has 0 bridgehead atoms. The zero-order chi connectivity index (χ0) is 35.4. The molecule has 0 radical (unpaired) electrons. The van der Waals surface area contributed by atoms with E-state index in [4.69, 9.17) is 11.5 Å². The number of carbonyl (C=O) groups excluding carboxylic acids is 4. The molecular weight excluding hydrogens is 608 g/mol. The number of nitrogens with two attached hydrogens (primary N) is 2. The van der Waals surface area contributed by atoms with E-state index < -0.39 is 34.8 Å². The molecule has 4 amide bonds. The molecule has 0 unspecified atom stereocenters. The van der Waals surface area contributed by atoms with Gasteiger partial charge in [-0.1, -0.05) is 60.7 Å². The molecule has 12 nitrogen and oxygen atoms in total. The van der Waals surface area contributed by atoms with Crippen LogP contribution in [0, 0.1) is 22.7 Å². The summed E-state index contributed by atoms with van der Waals surface area (Å²) in [6.45, 7) is 0. The summed E-state index contributed by atoms with van der Waals surface area (Å²) in [7, 11) is 6.88. The van der Waals surface area contributed by atoms with Gasteiger partial charge in [0.2, 0.25) is 0 Å². The zero-order valence-corrected chi connectivity index (χ0v) is 26.8. The highest BCUT2D eigenvalue weighted by atomic mass is 16.2. The summed E-state index contributed by atoms with van der Waals surface area (Å²) in [6.07, 6.45) is 2.29. The van der Waals surface area contributed by atoms with E-state index in [0.717, 1.165) is 12.2 Å². The number of benzene rings is 3. The molecule has 0 aliphatic rings. The van der Waals surface area contributed by atoms with Crippen molar-refractivity contribution in [2.75, 3.05) is 38.8 Å². The van der Waals surface area contributed by atoms with Crippen molar-refractivity contribution in [2.45, 2.75) is 0 Å². The van der Waals surface area contributed by atoms with Crippen LogP contribution < -0.4 is 22.1 Å². The van der Waals surface area contributed by atoms with Gasteiger partial charge >= 0.3 is 0 Å². The van der Waals surface area contributed by atoms with Crippen molar-refractivity contribution in [2.24, 2.45) is 11.5 Å². The van der Waals surface area contributed by atoms with Gasteiger partial charge in [-0.2, -0.15) is 10.5 Å². The van der Waals surface area contributed by atoms with E-state index in [-0.39, 0.29) is 11.1 Å². The van der Waals surface area contributed by atoms with E-state index in [0.29, 0.717) is 33.9 Å². The Balaban J connectivity index is 2.02. The highest BCUT2D eigenvalue weighted by molar-refractivity contribution is 6.14. The molecule has 242 valence electrons. The van der Waals surface area contributed by atoms with Gasteiger partial charge in [0.1, 0.15) is 23.3 Å². The Kier molecular flexibility index (Phi) is 12.2. The number of rotatable bonds is 12. The van der Waals surface area contributed by atoms with Gasteiger partial charge in [0.05, 0.1) is 22.5 Å². The van der Waals surface area contributed by atoms with Crippen LogP contribution in [0.4, 0.5) is 11.4 Å². The summed E-state index contributed by atoms with van der Waals surface area (Å²) in [5, 5.41) is 24.5. The SMILES string of the molecule is CN(C)/C(=C(\C=C(\C#N)C(N)=O)C(=O)Nc1ccc(NC(=O)C(/C=C(/C#N)C(N)=O)=C(\c2ccccc2)N(C)C)cc1)c1ccccc1. The number of nitriles is 2. The first-order valence-electron chi connectivity index (χ1n) is 14.4. The Morgan fingerprint density at radius 1 is 0.583 bits per heavy atom. The van der Waals surface area contributed by atoms with Gasteiger partial charge in [0.15, 0.2) is 0 Å². The summed E-state index contributed by atoms with van der Waals surface area (Å²) >= 11 is 0. The molecule has 0 fully saturated rings. The second kappa shape index (κ2) is 16.4. The number of nitrogens with one attached hydrogen (secondary N) is 2. The van der Waals surface area contributed by atoms with Crippen molar-refractivity contribution < 1.29 is 19.2 Å². The minimum absolute atomic E-state index is 0.0142. The van der Waals surface area contributed by atoms with Crippen LogP contribution in [0.3, 0.4) is 0 Å². The Hall–Kier alpha value is -6.92. The lowest BCUT2D eigenvalue weighted by Gasteiger charge is -2.22. The number of hydrogen-bond donors (Lipinski definition) is 4. The molecule has 0 heterocycles. The number of primary amides is 2. The summed E-state index contributed by atoms with van der Waals surface area (Å²) in [4.78, 5) is 54.5. The predicted molar refractivity (Wildman–Crippen MR) is 184 cm³/mol. The van der Waals surface area contributed by atoms with Crippen molar-refractivity contribution in [3.05, 3.63) is 131 Å². The Bertz CT molecular complexity index is 1770. The third-order valence-corrected chi connectivity index (χ3v) is 6.74. The van der Waals surface area contributed by atoms with E-state index >= 15 is 0 Å². The predicted octanol–water partition coefficient (Wildman–Crippen LogP) is 3.38. The normalized spacial score (nSPS) is 12.3. The van der Waals surface area contributed by atoms with Crippen LogP contribution in [0.1, 0.15) is 11.1 Å². The van der Waals surface area contributed by atoms with Gasteiger partial charge in [-0.05, 0) is 47.5 Å².